The maximum absolute atomic E-state index is 13.7. The quantitative estimate of drug-likeness (QED) is 0.558. The SMILES string of the molecule is O=C1N2[C@@H](CC[C@H]2c2cc(F)cc(F)c2)OC12CC(Oc1ncnn3c(Br)ccc13)C2. The average molecular weight is 491 g/mol. The average Bonchev–Trinajstić information content (AvgIpc) is 3.36. The predicted molar refractivity (Wildman–Crippen MR) is 107 cm³/mol. The molecule has 31 heavy (non-hydrogen) atoms. The molecule has 7 nitrogen and oxygen atoms in total. The molecule has 2 atom stereocenters. The fourth-order valence-electron chi connectivity index (χ4n) is 4.97. The largest absolute Gasteiger partial charge is 0.473 e. The first kappa shape index (κ1) is 19.1. The number of hydrogen-bond donors (Lipinski definition) is 0. The third-order valence-electron chi connectivity index (χ3n) is 6.35. The zero-order valence-electron chi connectivity index (χ0n) is 16.2. The second-order valence-electron chi connectivity index (χ2n) is 8.24. The summed E-state index contributed by atoms with van der Waals surface area (Å²) in [5.74, 6) is -0.987. The summed E-state index contributed by atoms with van der Waals surface area (Å²) < 4.78 is 42.1. The molecule has 1 aliphatic carbocycles. The van der Waals surface area contributed by atoms with E-state index in [1.165, 1.54) is 18.5 Å². The minimum Gasteiger partial charge on any atom is -0.473 e. The second-order valence-corrected chi connectivity index (χ2v) is 9.05. The van der Waals surface area contributed by atoms with Crippen molar-refractivity contribution in [1.82, 2.24) is 19.5 Å². The normalized spacial score (nSPS) is 29.6. The lowest BCUT2D eigenvalue weighted by Crippen LogP contribution is -2.56. The van der Waals surface area contributed by atoms with E-state index in [2.05, 4.69) is 26.0 Å². The van der Waals surface area contributed by atoms with Gasteiger partial charge < -0.3 is 14.4 Å². The smallest absolute Gasteiger partial charge is 0.257 e. The molecule has 6 rings (SSSR count). The fourth-order valence-corrected chi connectivity index (χ4v) is 5.38. The lowest BCUT2D eigenvalue weighted by atomic mass is 9.76. The molecular formula is C21H17BrF2N4O3. The fraction of sp³-hybridized carbons (Fsp3) is 0.381. The summed E-state index contributed by atoms with van der Waals surface area (Å²) in [7, 11) is 0. The Bertz CT molecular complexity index is 1190. The van der Waals surface area contributed by atoms with Crippen LogP contribution in [0.3, 0.4) is 0 Å². The number of carbonyl (C=O) groups is 1. The van der Waals surface area contributed by atoms with Crippen LogP contribution in [0.1, 0.15) is 37.3 Å². The van der Waals surface area contributed by atoms with Crippen molar-refractivity contribution in [2.45, 2.75) is 49.7 Å². The van der Waals surface area contributed by atoms with Crippen LogP contribution in [0.15, 0.2) is 41.3 Å². The van der Waals surface area contributed by atoms with Gasteiger partial charge in [0.25, 0.3) is 5.91 Å². The van der Waals surface area contributed by atoms with E-state index in [1.807, 2.05) is 12.1 Å². The Balaban J connectivity index is 1.20. The van der Waals surface area contributed by atoms with Crippen LogP contribution >= 0.6 is 15.9 Å². The van der Waals surface area contributed by atoms with Crippen molar-refractivity contribution in [2.75, 3.05) is 0 Å². The molecule has 0 bridgehead atoms. The number of halogens is 3. The Morgan fingerprint density at radius 1 is 1.16 bits per heavy atom. The highest BCUT2D eigenvalue weighted by Crippen LogP contribution is 2.52. The molecule has 4 heterocycles. The van der Waals surface area contributed by atoms with Gasteiger partial charge >= 0.3 is 0 Å². The van der Waals surface area contributed by atoms with Crippen LogP contribution in [0, 0.1) is 11.6 Å². The number of hydrogen-bond acceptors (Lipinski definition) is 5. The van der Waals surface area contributed by atoms with Crippen LogP contribution < -0.4 is 4.74 Å². The van der Waals surface area contributed by atoms with Gasteiger partial charge in [-0.25, -0.2) is 13.3 Å². The van der Waals surface area contributed by atoms with Crippen LogP contribution in [0.5, 0.6) is 5.88 Å². The molecule has 3 aromatic rings. The van der Waals surface area contributed by atoms with Crippen LogP contribution in [-0.4, -0.2) is 43.3 Å². The summed E-state index contributed by atoms with van der Waals surface area (Å²) in [6, 6.07) is 6.73. The molecule has 1 spiro atoms. The van der Waals surface area contributed by atoms with Gasteiger partial charge in [0, 0.05) is 18.9 Å². The van der Waals surface area contributed by atoms with Crippen molar-refractivity contribution in [1.29, 1.82) is 0 Å². The van der Waals surface area contributed by atoms with Gasteiger partial charge in [0.05, 0.1) is 6.04 Å². The summed E-state index contributed by atoms with van der Waals surface area (Å²) in [5.41, 5.74) is 0.247. The Labute approximate surface area is 184 Å². The van der Waals surface area contributed by atoms with Crippen molar-refractivity contribution in [3.8, 4) is 5.88 Å². The zero-order chi connectivity index (χ0) is 21.3. The van der Waals surface area contributed by atoms with E-state index in [9.17, 15) is 13.6 Å². The van der Waals surface area contributed by atoms with E-state index in [0.29, 0.717) is 37.1 Å². The van der Waals surface area contributed by atoms with Crippen LogP contribution in [0.25, 0.3) is 5.52 Å². The number of amides is 1. The molecule has 10 heteroatoms. The summed E-state index contributed by atoms with van der Waals surface area (Å²) in [6.07, 6.45) is 2.86. The van der Waals surface area contributed by atoms with Crippen molar-refractivity contribution < 1.29 is 23.0 Å². The number of nitrogens with zero attached hydrogens (tertiary/aromatic N) is 4. The second kappa shape index (κ2) is 6.70. The van der Waals surface area contributed by atoms with Gasteiger partial charge in [-0.2, -0.15) is 10.1 Å². The third kappa shape index (κ3) is 2.88. The van der Waals surface area contributed by atoms with E-state index in [4.69, 9.17) is 9.47 Å². The van der Waals surface area contributed by atoms with Gasteiger partial charge in [0.1, 0.15) is 40.4 Å². The molecule has 2 aliphatic heterocycles. The monoisotopic (exact) mass is 490 g/mol. The molecule has 0 N–H and O–H groups in total. The number of rotatable bonds is 3. The molecule has 0 radical (unpaired) electrons. The lowest BCUT2D eigenvalue weighted by molar-refractivity contribution is -0.162. The van der Waals surface area contributed by atoms with E-state index in [1.54, 1.807) is 9.42 Å². The highest BCUT2D eigenvalue weighted by molar-refractivity contribution is 9.10. The number of ether oxygens (including phenoxy) is 2. The van der Waals surface area contributed by atoms with Gasteiger partial charge in [-0.15, -0.1) is 0 Å². The van der Waals surface area contributed by atoms with Gasteiger partial charge in [-0.05, 0) is 58.6 Å². The predicted octanol–water partition coefficient (Wildman–Crippen LogP) is 3.77. The molecule has 0 unspecified atom stereocenters. The van der Waals surface area contributed by atoms with Gasteiger partial charge in [-0.1, -0.05) is 0 Å². The van der Waals surface area contributed by atoms with Gasteiger partial charge in [-0.3, -0.25) is 4.79 Å². The minimum atomic E-state index is -0.939. The highest BCUT2D eigenvalue weighted by Gasteiger charge is 2.63. The topological polar surface area (TPSA) is 69.0 Å². The minimum absolute atomic E-state index is 0.136. The molecule has 1 aromatic carbocycles. The summed E-state index contributed by atoms with van der Waals surface area (Å²) in [4.78, 5) is 19.1. The van der Waals surface area contributed by atoms with Crippen LogP contribution in [0.2, 0.25) is 0 Å². The Hall–Kier alpha value is -2.59. The Morgan fingerprint density at radius 2 is 1.94 bits per heavy atom. The molecule has 3 fully saturated rings. The number of aromatic nitrogens is 3. The van der Waals surface area contributed by atoms with Crippen molar-refractivity contribution >= 4 is 27.4 Å². The number of benzene rings is 1. The first-order valence-corrected chi connectivity index (χ1v) is 10.8. The molecular weight excluding hydrogens is 474 g/mol. The lowest BCUT2D eigenvalue weighted by Gasteiger charge is -2.42. The Morgan fingerprint density at radius 3 is 2.71 bits per heavy atom. The summed E-state index contributed by atoms with van der Waals surface area (Å²) in [6.45, 7) is 0. The van der Waals surface area contributed by atoms with Crippen molar-refractivity contribution in [3.63, 3.8) is 0 Å². The third-order valence-corrected chi connectivity index (χ3v) is 6.95. The van der Waals surface area contributed by atoms with Gasteiger partial charge in [0.2, 0.25) is 5.88 Å². The van der Waals surface area contributed by atoms with Crippen molar-refractivity contribution in [3.05, 3.63) is 58.5 Å². The zero-order valence-corrected chi connectivity index (χ0v) is 17.8. The standard InChI is InChI=1S/C21H17BrF2N4O3/c22-17-3-1-16-19(25-10-26-28(16)17)30-14-8-21(9-14)20(29)27-15(2-4-18(27)31-21)11-5-12(23)7-13(24)6-11/h1,3,5-7,10,14-15,18H,2,4,8-9H2/t14?,15-,18+,21?/m0/s1. The highest BCUT2D eigenvalue weighted by atomic mass is 79.9. The Kier molecular flexibility index (Phi) is 4.13. The van der Waals surface area contributed by atoms with E-state index in [-0.39, 0.29) is 24.3 Å². The number of fused-ring (bicyclic) bond motifs is 2. The molecule has 2 saturated heterocycles. The first-order chi connectivity index (χ1) is 14.9. The van der Waals surface area contributed by atoms with E-state index in [0.717, 1.165) is 16.2 Å². The molecule has 3 aliphatic rings. The molecule has 1 saturated carbocycles. The maximum atomic E-state index is 13.7. The molecule has 1 amide bonds. The summed E-state index contributed by atoms with van der Waals surface area (Å²) in [5, 5.41) is 4.16. The van der Waals surface area contributed by atoms with Crippen LogP contribution in [-0.2, 0) is 9.53 Å². The van der Waals surface area contributed by atoms with Crippen LogP contribution in [0.4, 0.5) is 8.78 Å². The van der Waals surface area contributed by atoms with E-state index >= 15 is 0 Å². The van der Waals surface area contributed by atoms with Crippen molar-refractivity contribution in [2.24, 2.45) is 0 Å². The molecule has 2 aromatic heterocycles. The maximum Gasteiger partial charge on any atom is 0.257 e. The van der Waals surface area contributed by atoms with E-state index < -0.39 is 17.2 Å². The first-order valence-electron chi connectivity index (χ1n) is 10.0. The summed E-state index contributed by atoms with van der Waals surface area (Å²) >= 11 is 3.42. The van der Waals surface area contributed by atoms with Gasteiger partial charge in [0.15, 0.2) is 5.60 Å². The molecule has 160 valence electrons. The number of carbonyl (C=O) groups excluding carboxylic acids is 1.